The van der Waals surface area contributed by atoms with Crippen molar-refractivity contribution in [3.8, 4) is 5.75 Å². The smallest absolute Gasteiger partial charge is 0.257 e. The molecule has 35 heavy (non-hydrogen) atoms. The molecule has 0 saturated carbocycles. The predicted molar refractivity (Wildman–Crippen MR) is 138 cm³/mol. The van der Waals surface area contributed by atoms with E-state index >= 15 is 0 Å². The Balaban J connectivity index is 1.39. The highest BCUT2D eigenvalue weighted by Crippen LogP contribution is 2.31. The molecule has 4 rings (SSSR count). The van der Waals surface area contributed by atoms with E-state index in [2.05, 4.69) is 4.98 Å². The molecule has 7 nitrogen and oxygen atoms in total. The normalized spacial score (nSPS) is 14.8. The number of benzene rings is 2. The van der Waals surface area contributed by atoms with Crippen LogP contribution in [0.25, 0.3) is 0 Å². The zero-order valence-corrected chi connectivity index (χ0v) is 21.9. The Bertz CT molecular complexity index is 1280. The van der Waals surface area contributed by atoms with Crippen LogP contribution in [0.3, 0.4) is 0 Å². The number of ether oxygens (including phenoxy) is 1. The Hall–Kier alpha value is -2.78. The lowest BCUT2D eigenvalue weighted by Crippen LogP contribution is -2.38. The topological polar surface area (TPSA) is 81.5 Å². The first kappa shape index (κ1) is 25.3. The van der Waals surface area contributed by atoms with E-state index in [1.54, 1.807) is 37.2 Å². The summed E-state index contributed by atoms with van der Waals surface area (Å²) in [5, 5.41) is 0. The van der Waals surface area contributed by atoms with Crippen molar-refractivity contribution in [2.24, 2.45) is 0 Å². The van der Waals surface area contributed by atoms with Gasteiger partial charge < -0.3 is 14.2 Å². The lowest BCUT2D eigenvalue weighted by atomic mass is 9.95. The number of carbonyl (C=O) groups is 1. The predicted octanol–water partition coefficient (Wildman–Crippen LogP) is 4.42. The molecule has 0 bridgehead atoms. The molecule has 0 N–H and O–H groups in total. The van der Waals surface area contributed by atoms with Gasteiger partial charge in [-0.25, -0.2) is 13.4 Å². The van der Waals surface area contributed by atoms with E-state index in [0.717, 1.165) is 29.1 Å². The molecule has 3 aromatic rings. The van der Waals surface area contributed by atoms with E-state index in [9.17, 15) is 13.2 Å². The maximum Gasteiger partial charge on any atom is 0.257 e. The molecule has 2 heterocycles. The van der Waals surface area contributed by atoms with Gasteiger partial charge in [0.1, 0.15) is 11.6 Å². The van der Waals surface area contributed by atoms with Gasteiger partial charge in [0.15, 0.2) is 9.84 Å². The van der Waals surface area contributed by atoms with Gasteiger partial charge in [-0.3, -0.25) is 4.79 Å². The Morgan fingerprint density at radius 3 is 2.51 bits per heavy atom. The number of hydrogen-bond acceptors (Lipinski definition) is 6. The monoisotopic (exact) mass is 513 g/mol. The number of rotatable bonds is 8. The zero-order valence-electron chi connectivity index (χ0n) is 20.3. The van der Waals surface area contributed by atoms with Gasteiger partial charge in [-0.1, -0.05) is 17.7 Å². The molecule has 0 atom stereocenters. The second kappa shape index (κ2) is 10.9. The molecule has 1 saturated heterocycles. The number of carbonyl (C=O) groups excluding carboxylic acids is 1. The first-order valence-electron chi connectivity index (χ1n) is 11.6. The second-order valence-electron chi connectivity index (χ2n) is 8.74. The Kier molecular flexibility index (Phi) is 7.86. The molecule has 2 aromatic carbocycles. The number of methoxy groups -OCH3 is 1. The van der Waals surface area contributed by atoms with E-state index in [-0.39, 0.29) is 17.6 Å². The van der Waals surface area contributed by atoms with Crippen LogP contribution in [0.2, 0.25) is 0 Å². The molecule has 0 aliphatic carbocycles. The Morgan fingerprint density at radius 1 is 1.14 bits per heavy atom. The summed E-state index contributed by atoms with van der Waals surface area (Å²) in [6, 6.07) is 12.6. The van der Waals surface area contributed by atoms with Crippen molar-refractivity contribution in [3.05, 3.63) is 71.8 Å². The molecule has 186 valence electrons. The minimum atomic E-state index is -3.38. The Labute approximate surface area is 211 Å². The summed E-state index contributed by atoms with van der Waals surface area (Å²) >= 11 is 1.61. The first-order valence-corrected chi connectivity index (χ1v) is 14.5. The van der Waals surface area contributed by atoms with Crippen LogP contribution in [-0.4, -0.2) is 61.0 Å². The van der Waals surface area contributed by atoms with Crippen LogP contribution < -0.4 is 4.74 Å². The van der Waals surface area contributed by atoms with Crippen molar-refractivity contribution in [1.82, 2.24) is 14.5 Å². The van der Waals surface area contributed by atoms with E-state index < -0.39 is 9.84 Å². The van der Waals surface area contributed by atoms with Crippen molar-refractivity contribution in [3.63, 3.8) is 0 Å². The van der Waals surface area contributed by atoms with Crippen LogP contribution in [0.4, 0.5) is 0 Å². The molecule has 9 heteroatoms. The number of imidazole rings is 1. The van der Waals surface area contributed by atoms with Crippen molar-refractivity contribution in [1.29, 1.82) is 0 Å². The number of nitrogens with zero attached hydrogens (tertiary/aromatic N) is 3. The third-order valence-corrected chi connectivity index (χ3v) is 8.95. The van der Waals surface area contributed by atoms with Crippen LogP contribution in [-0.2, 0) is 16.4 Å². The van der Waals surface area contributed by atoms with Crippen molar-refractivity contribution in [2.75, 3.05) is 32.2 Å². The molecule has 0 radical (unpaired) electrons. The molecule has 0 unspecified atom stereocenters. The van der Waals surface area contributed by atoms with Gasteiger partial charge in [0.25, 0.3) is 5.91 Å². The molecule has 1 aliphatic rings. The van der Waals surface area contributed by atoms with Gasteiger partial charge in [-0.05, 0) is 56.4 Å². The summed E-state index contributed by atoms with van der Waals surface area (Å²) in [5.74, 6) is 1.65. The lowest BCUT2D eigenvalue weighted by Gasteiger charge is -2.32. The Morgan fingerprint density at radius 2 is 1.86 bits per heavy atom. The van der Waals surface area contributed by atoms with E-state index in [0.29, 0.717) is 35.8 Å². The van der Waals surface area contributed by atoms with Gasteiger partial charge in [0.2, 0.25) is 0 Å². The fourth-order valence-corrected chi connectivity index (χ4v) is 6.09. The van der Waals surface area contributed by atoms with Crippen LogP contribution in [0.5, 0.6) is 5.75 Å². The van der Waals surface area contributed by atoms with Gasteiger partial charge >= 0.3 is 0 Å². The number of hydrogen-bond donors (Lipinski definition) is 0. The molecule has 1 aliphatic heterocycles. The maximum absolute atomic E-state index is 13.2. The van der Waals surface area contributed by atoms with Crippen molar-refractivity contribution >= 4 is 27.5 Å². The molecule has 1 aromatic heterocycles. The standard InChI is InChI=1S/C26H31N3O4S2/c1-19-4-7-22(8-5-19)35(31,32)17-16-28-15-12-27-25(28)20-10-13-29(14-11-20)26(30)23-9-6-21(34-3)18-24(23)33-2/h4-9,12,15,18,20H,10-11,13-14,16-17H2,1-3H3. The summed E-state index contributed by atoms with van der Waals surface area (Å²) in [6.45, 7) is 3.52. The van der Waals surface area contributed by atoms with E-state index in [1.165, 1.54) is 0 Å². The average molecular weight is 514 g/mol. The summed E-state index contributed by atoms with van der Waals surface area (Å²) in [7, 11) is -1.79. The van der Waals surface area contributed by atoms with Gasteiger partial charge in [-0.15, -0.1) is 11.8 Å². The number of piperidine rings is 1. The zero-order chi connectivity index (χ0) is 25.0. The van der Waals surface area contributed by atoms with E-state index in [1.807, 2.05) is 59.2 Å². The summed E-state index contributed by atoms with van der Waals surface area (Å²) < 4.78 is 33.0. The highest BCUT2D eigenvalue weighted by molar-refractivity contribution is 7.98. The minimum Gasteiger partial charge on any atom is -0.496 e. The minimum absolute atomic E-state index is 0.0165. The van der Waals surface area contributed by atoms with Crippen LogP contribution in [0.15, 0.2) is 64.6 Å². The van der Waals surface area contributed by atoms with Crippen LogP contribution in [0.1, 0.15) is 40.5 Å². The first-order chi connectivity index (χ1) is 16.8. The highest BCUT2D eigenvalue weighted by atomic mass is 32.2. The van der Waals surface area contributed by atoms with Crippen LogP contribution in [0, 0.1) is 6.92 Å². The molecular formula is C26H31N3O4S2. The summed E-state index contributed by atoms with van der Waals surface area (Å²) in [6.07, 6.45) is 7.11. The lowest BCUT2D eigenvalue weighted by molar-refractivity contribution is 0.0707. The molecule has 1 fully saturated rings. The van der Waals surface area contributed by atoms with E-state index in [4.69, 9.17) is 4.74 Å². The SMILES string of the molecule is COc1cc(SC)ccc1C(=O)N1CCC(c2nccn2CCS(=O)(=O)c2ccc(C)cc2)CC1. The number of thioether (sulfide) groups is 1. The fourth-order valence-electron chi connectivity index (χ4n) is 4.44. The largest absolute Gasteiger partial charge is 0.496 e. The molecular weight excluding hydrogens is 482 g/mol. The second-order valence-corrected chi connectivity index (χ2v) is 11.7. The van der Waals surface area contributed by atoms with Crippen molar-refractivity contribution < 1.29 is 17.9 Å². The quantitative estimate of drug-likeness (QED) is 0.415. The number of aromatic nitrogens is 2. The fraction of sp³-hybridized carbons (Fsp3) is 0.385. The summed E-state index contributed by atoms with van der Waals surface area (Å²) in [4.78, 5) is 21.0. The number of likely N-dealkylation sites (tertiary alicyclic amines) is 1. The number of aryl methyl sites for hydroxylation is 2. The van der Waals surface area contributed by atoms with Crippen LogP contribution >= 0.6 is 11.8 Å². The average Bonchev–Trinajstić information content (AvgIpc) is 3.36. The highest BCUT2D eigenvalue weighted by Gasteiger charge is 2.28. The van der Waals surface area contributed by atoms with Gasteiger partial charge in [-0.2, -0.15) is 0 Å². The number of amides is 1. The van der Waals surface area contributed by atoms with Gasteiger partial charge in [0.05, 0.1) is 23.3 Å². The third-order valence-electron chi connectivity index (χ3n) is 6.52. The van der Waals surface area contributed by atoms with Gasteiger partial charge in [0, 0.05) is 42.8 Å². The summed E-state index contributed by atoms with van der Waals surface area (Å²) in [5.41, 5.74) is 1.60. The number of sulfone groups is 1. The molecule has 0 spiro atoms. The maximum atomic E-state index is 13.2. The third kappa shape index (κ3) is 5.73. The van der Waals surface area contributed by atoms with Crippen molar-refractivity contribution in [2.45, 2.75) is 42.0 Å². The molecule has 1 amide bonds.